The van der Waals surface area contributed by atoms with Crippen LogP contribution < -0.4 is 51.4 Å². The van der Waals surface area contributed by atoms with Crippen LogP contribution in [-0.4, -0.2) is 4.98 Å². The van der Waals surface area contributed by atoms with Crippen LogP contribution >= 0.6 is 0 Å². The van der Waals surface area contributed by atoms with E-state index in [1.54, 1.807) is 6.20 Å². The van der Waals surface area contributed by atoms with Crippen LogP contribution in [0.1, 0.15) is 5.56 Å². The topological polar surface area (TPSA) is 12.9 Å². The fourth-order valence-electron chi connectivity index (χ4n) is 0.508. The number of aromatic nitrogens is 1. The molecule has 0 aliphatic carbocycles. The van der Waals surface area contributed by atoms with E-state index < -0.39 is 0 Å². The van der Waals surface area contributed by atoms with E-state index in [2.05, 4.69) is 4.98 Å². The molecule has 1 rings (SSSR count). The van der Waals surface area contributed by atoms with Crippen molar-refractivity contribution in [3.63, 3.8) is 0 Å². The van der Waals surface area contributed by atoms with E-state index in [4.69, 9.17) is 12.6 Å². The zero-order chi connectivity index (χ0) is 5.98. The van der Waals surface area contributed by atoms with Crippen LogP contribution in [0.25, 0.3) is 0 Å². The van der Waals surface area contributed by atoms with Crippen LogP contribution in [0.3, 0.4) is 0 Å². The molecule has 1 aromatic heterocycles. The average molecular weight is 163 g/mol. The quantitative estimate of drug-likeness (QED) is 0.334. The van der Waals surface area contributed by atoms with Crippen LogP contribution in [0.4, 0.5) is 0 Å². The van der Waals surface area contributed by atoms with Crippen molar-refractivity contribution in [2.45, 2.75) is 11.9 Å². The second-order valence-corrected chi connectivity index (χ2v) is 2.09. The van der Waals surface area contributed by atoms with Gasteiger partial charge in [0.1, 0.15) is 0 Å². The zero-order valence-corrected chi connectivity index (χ0v) is 9.53. The van der Waals surface area contributed by atoms with E-state index in [-0.39, 0.29) is 51.4 Å². The van der Waals surface area contributed by atoms with Crippen LogP contribution in [0.5, 0.6) is 0 Å². The Labute approximate surface area is 103 Å². The third kappa shape index (κ3) is 3.65. The minimum atomic E-state index is 0. The largest absolute Gasteiger partial charge is 1.00 e. The maximum atomic E-state index is 4.79. The van der Waals surface area contributed by atoms with Crippen LogP contribution in [0.2, 0.25) is 0 Å². The molecule has 0 radical (unpaired) electrons. The van der Waals surface area contributed by atoms with Gasteiger partial charge in [0.2, 0.25) is 0 Å². The maximum Gasteiger partial charge on any atom is 1.00 e. The van der Waals surface area contributed by atoms with Crippen LogP contribution in [0, 0.1) is 6.92 Å². The van der Waals surface area contributed by atoms with Gasteiger partial charge in [-0.2, -0.15) is 0 Å². The minimum Gasteiger partial charge on any atom is -0.760 e. The second-order valence-electron chi connectivity index (χ2n) is 1.67. The number of rotatable bonds is 0. The Morgan fingerprint density at radius 2 is 2.22 bits per heavy atom. The molecule has 0 N–H and O–H groups in total. The Kier molecular flexibility index (Phi) is 5.30. The number of pyridine rings is 1. The second kappa shape index (κ2) is 4.77. The van der Waals surface area contributed by atoms with Gasteiger partial charge in [-0.15, -0.1) is 0 Å². The van der Waals surface area contributed by atoms with Gasteiger partial charge in [-0.1, -0.05) is 11.1 Å². The van der Waals surface area contributed by atoms with Gasteiger partial charge in [0, 0.05) is 6.20 Å². The molecule has 0 bridgehead atoms. The van der Waals surface area contributed by atoms with Crippen molar-refractivity contribution in [3.05, 3.63) is 23.9 Å². The van der Waals surface area contributed by atoms with Gasteiger partial charge >= 0.3 is 51.4 Å². The first kappa shape index (κ1) is 10.0. The summed E-state index contributed by atoms with van der Waals surface area (Å²) in [5.74, 6) is 0. The van der Waals surface area contributed by atoms with Gasteiger partial charge < -0.3 is 12.6 Å². The molecule has 0 aliphatic rings. The maximum absolute atomic E-state index is 4.79. The molecule has 0 fully saturated rings. The third-order valence-electron chi connectivity index (χ3n) is 0.890. The zero-order valence-electron chi connectivity index (χ0n) is 5.59. The monoisotopic (exact) mass is 163 g/mol. The van der Waals surface area contributed by atoms with E-state index >= 15 is 0 Å². The molecular weight excluding hydrogens is 157 g/mol. The number of hydrogen-bond donors (Lipinski definition) is 0. The Bertz CT molecular complexity index is 173. The van der Waals surface area contributed by atoms with Crippen molar-refractivity contribution in [3.8, 4) is 0 Å². The molecule has 0 aliphatic heterocycles. The average Bonchev–Trinajstić information content (AvgIpc) is 1.64. The van der Waals surface area contributed by atoms with E-state index in [1.165, 1.54) is 5.56 Å². The Hall–Kier alpha value is 1.01. The van der Waals surface area contributed by atoms with Gasteiger partial charge in [-0.3, -0.25) is 4.98 Å². The van der Waals surface area contributed by atoms with E-state index in [0.29, 0.717) is 5.03 Å². The summed E-state index contributed by atoms with van der Waals surface area (Å²) in [6.45, 7) is 2.00. The van der Waals surface area contributed by atoms with E-state index in [0.717, 1.165) is 0 Å². The predicted molar refractivity (Wildman–Crippen MR) is 34.6 cm³/mol. The van der Waals surface area contributed by atoms with Crippen molar-refractivity contribution in [2.75, 3.05) is 0 Å². The van der Waals surface area contributed by atoms with Crippen LogP contribution in [-0.2, 0) is 12.6 Å². The Balaban J connectivity index is 0.000000640. The summed E-state index contributed by atoms with van der Waals surface area (Å²) in [4.78, 5) is 3.85. The first-order valence-corrected chi connectivity index (χ1v) is 2.79. The molecule has 0 amide bonds. The molecule has 0 saturated carbocycles. The minimum absolute atomic E-state index is 0. The Morgan fingerprint density at radius 3 is 2.56 bits per heavy atom. The third-order valence-corrected chi connectivity index (χ3v) is 1.11. The Morgan fingerprint density at radius 1 is 1.56 bits per heavy atom. The smallest absolute Gasteiger partial charge is 0.760 e. The summed E-state index contributed by atoms with van der Waals surface area (Å²) in [5.41, 5.74) is 1.17. The molecule has 0 saturated heterocycles. The molecule has 0 aromatic carbocycles. The molecule has 0 atom stereocenters. The van der Waals surface area contributed by atoms with Gasteiger partial charge in [-0.05, 0) is 18.6 Å². The molecule has 1 aromatic rings. The van der Waals surface area contributed by atoms with Crippen molar-refractivity contribution in [1.29, 1.82) is 0 Å². The molecule has 9 heavy (non-hydrogen) atoms. The summed E-state index contributed by atoms with van der Waals surface area (Å²) < 4.78 is 0. The first-order valence-electron chi connectivity index (χ1n) is 2.39. The molecule has 3 heteroatoms. The molecule has 1 nitrogen and oxygen atoms in total. The van der Waals surface area contributed by atoms with Crippen LogP contribution in [0.15, 0.2) is 23.4 Å². The molecule has 0 spiro atoms. The summed E-state index contributed by atoms with van der Waals surface area (Å²) in [7, 11) is 0. The van der Waals surface area contributed by atoms with Crippen molar-refractivity contribution in [2.24, 2.45) is 0 Å². The molecule has 42 valence electrons. The number of aryl methyl sites for hydroxylation is 1. The van der Waals surface area contributed by atoms with E-state index in [9.17, 15) is 0 Å². The summed E-state index contributed by atoms with van der Waals surface area (Å²) in [5, 5.41) is 0.671. The van der Waals surface area contributed by atoms with Gasteiger partial charge in [-0.25, -0.2) is 0 Å². The molecular formula is C6H6KNS. The van der Waals surface area contributed by atoms with Crippen molar-refractivity contribution >= 4 is 12.6 Å². The molecule has 1 heterocycles. The number of nitrogens with zero attached hydrogens (tertiary/aromatic N) is 1. The summed E-state index contributed by atoms with van der Waals surface area (Å²) in [6, 6.07) is 3.80. The summed E-state index contributed by atoms with van der Waals surface area (Å²) >= 11 is 4.79. The van der Waals surface area contributed by atoms with Gasteiger partial charge in [0.05, 0.1) is 0 Å². The predicted octanol–water partition coefficient (Wildman–Crippen LogP) is -1.70. The fraction of sp³-hybridized carbons (Fsp3) is 0.167. The van der Waals surface area contributed by atoms with Crippen molar-refractivity contribution in [1.82, 2.24) is 4.98 Å². The first-order chi connectivity index (χ1) is 3.79. The SMILES string of the molecule is Cc1ccnc([S-])c1.[K+]. The van der Waals surface area contributed by atoms with Gasteiger partial charge in [0.25, 0.3) is 0 Å². The standard InChI is InChI=1S/C6H7NS.K/c1-5-2-3-7-6(8)4-5;/h2-4H,1H3,(H,7,8);/q;+1/p-1. The number of hydrogen-bond acceptors (Lipinski definition) is 2. The van der Waals surface area contributed by atoms with Crippen molar-refractivity contribution < 1.29 is 51.4 Å². The molecule has 0 unspecified atom stereocenters. The van der Waals surface area contributed by atoms with Gasteiger partial charge in [0.15, 0.2) is 0 Å². The normalized spacial score (nSPS) is 8.11. The van der Waals surface area contributed by atoms with E-state index in [1.807, 2.05) is 19.1 Å². The summed E-state index contributed by atoms with van der Waals surface area (Å²) in [6.07, 6.45) is 1.72. The fourth-order valence-corrected chi connectivity index (χ4v) is 0.755.